The summed E-state index contributed by atoms with van der Waals surface area (Å²) < 4.78 is 5.52. The highest BCUT2D eigenvalue weighted by Crippen LogP contribution is 2.21. The van der Waals surface area contributed by atoms with Gasteiger partial charge < -0.3 is 4.74 Å². The van der Waals surface area contributed by atoms with E-state index >= 15 is 0 Å². The zero-order chi connectivity index (χ0) is 14.3. The summed E-state index contributed by atoms with van der Waals surface area (Å²) in [6.45, 7) is 8.27. The van der Waals surface area contributed by atoms with Gasteiger partial charge in [0.15, 0.2) is 0 Å². The second-order valence-corrected chi connectivity index (χ2v) is 4.74. The van der Waals surface area contributed by atoms with Crippen LogP contribution in [0.2, 0.25) is 0 Å². The second-order valence-electron chi connectivity index (χ2n) is 4.74. The lowest BCUT2D eigenvalue weighted by Crippen LogP contribution is -1.94. The van der Waals surface area contributed by atoms with Crippen LogP contribution < -0.4 is 0 Å². The number of nitrogens with zero attached hydrogens (tertiary/aromatic N) is 1. The van der Waals surface area contributed by atoms with Gasteiger partial charge in [-0.1, -0.05) is 30.7 Å². The summed E-state index contributed by atoms with van der Waals surface area (Å²) in [4.78, 5) is 4.49. The summed E-state index contributed by atoms with van der Waals surface area (Å²) in [5.41, 5.74) is 4.31. The molecule has 2 nitrogen and oxygen atoms in total. The molecule has 0 unspecified atom stereocenters. The van der Waals surface area contributed by atoms with Gasteiger partial charge >= 0.3 is 0 Å². The molecule has 0 N–H and O–H groups in total. The highest BCUT2D eigenvalue weighted by Gasteiger charge is 2.06. The van der Waals surface area contributed by atoms with Crippen molar-refractivity contribution in [3.8, 4) is 0 Å². The van der Waals surface area contributed by atoms with Crippen LogP contribution in [-0.2, 0) is 4.74 Å². The van der Waals surface area contributed by atoms with E-state index in [1.807, 2.05) is 25.3 Å². The van der Waals surface area contributed by atoms with Crippen molar-refractivity contribution in [3.05, 3.63) is 59.1 Å². The van der Waals surface area contributed by atoms with E-state index in [4.69, 9.17) is 4.74 Å². The monoisotopic (exact) mass is 257 g/mol. The van der Waals surface area contributed by atoms with Crippen LogP contribution in [0.5, 0.6) is 0 Å². The van der Waals surface area contributed by atoms with Crippen molar-refractivity contribution in [1.29, 1.82) is 0 Å². The lowest BCUT2D eigenvalue weighted by molar-refractivity contribution is 0.308. The number of aryl methyl sites for hydroxylation is 1. The van der Waals surface area contributed by atoms with Gasteiger partial charge in [0.2, 0.25) is 0 Å². The van der Waals surface area contributed by atoms with Gasteiger partial charge in [0.05, 0.1) is 12.8 Å². The fourth-order valence-corrected chi connectivity index (χ4v) is 1.67. The predicted octanol–water partition coefficient (Wildman–Crippen LogP) is 4.68. The van der Waals surface area contributed by atoms with Crippen LogP contribution >= 0.6 is 0 Å². The molecule has 0 aliphatic rings. The number of aromatic nitrogens is 1. The Balaban J connectivity index is 3.34. The van der Waals surface area contributed by atoms with Crippen LogP contribution in [0.25, 0.3) is 5.57 Å². The summed E-state index contributed by atoms with van der Waals surface area (Å²) in [6, 6.07) is 4.10. The van der Waals surface area contributed by atoms with E-state index in [0.717, 1.165) is 29.0 Å². The van der Waals surface area contributed by atoms with Gasteiger partial charge in [-0.2, -0.15) is 0 Å². The van der Waals surface area contributed by atoms with E-state index < -0.39 is 0 Å². The third-order valence-electron chi connectivity index (χ3n) is 2.61. The topological polar surface area (TPSA) is 22.1 Å². The van der Waals surface area contributed by atoms with E-state index in [0.29, 0.717) is 0 Å². The molecule has 0 aromatic carbocycles. The Hall–Kier alpha value is -1.83. The van der Waals surface area contributed by atoms with Crippen molar-refractivity contribution in [2.75, 3.05) is 7.11 Å². The minimum Gasteiger partial charge on any atom is -0.496 e. The molecule has 0 spiro atoms. The molecule has 0 amide bonds. The maximum absolute atomic E-state index is 5.52. The lowest BCUT2D eigenvalue weighted by Gasteiger charge is -2.09. The lowest BCUT2D eigenvalue weighted by atomic mass is 10.1. The average molecular weight is 257 g/mol. The summed E-state index contributed by atoms with van der Waals surface area (Å²) >= 11 is 0. The largest absolute Gasteiger partial charge is 0.496 e. The smallest absolute Gasteiger partial charge is 0.128 e. The predicted molar refractivity (Wildman–Crippen MR) is 81.8 cm³/mol. The summed E-state index contributed by atoms with van der Waals surface area (Å²) in [6.07, 6.45) is 9.10. The van der Waals surface area contributed by atoms with E-state index in [-0.39, 0.29) is 0 Å². The Labute approximate surface area is 116 Å². The Morgan fingerprint density at radius 3 is 2.53 bits per heavy atom. The number of pyridine rings is 1. The van der Waals surface area contributed by atoms with E-state index in [9.17, 15) is 0 Å². The summed E-state index contributed by atoms with van der Waals surface area (Å²) in [7, 11) is 1.70. The molecule has 19 heavy (non-hydrogen) atoms. The minimum atomic E-state index is 0.848. The highest BCUT2D eigenvalue weighted by atomic mass is 16.5. The standard InChI is InChI=1S/C17H23NO/c1-6-7-8-15(17(19-5)11-13(2)3)16-10-9-14(4)12-18-16/h7-12H,6H2,1-5H3/b8-7+,17-15-. The first-order chi connectivity index (χ1) is 9.08. The molecule has 0 aliphatic carbocycles. The number of rotatable bonds is 5. The summed E-state index contributed by atoms with van der Waals surface area (Å²) in [5.74, 6) is 0.848. The third kappa shape index (κ3) is 4.74. The van der Waals surface area contributed by atoms with Crippen molar-refractivity contribution < 1.29 is 4.74 Å². The molecule has 0 aliphatic heterocycles. The van der Waals surface area contributed by atoms with Crippen LogP contribution in [-0.4, -0.2) is 12.1 Å². The number of methoxy groups -OCH3 is 1. The van der Waals surface area contributed by atoms with Crippen molar-refractivity contribution in [1.82, 2.24) is 4.98 Å². The molecule has 2 heteroatoms. The Bertz CT molecular complexity index is 488. The number of hydrogen-bond donors (Lipinski definition) is 0. The summed E-state index contributed by atoms with van der Waals surface area (Å²) in [5, 5.41) is 0. The first-order valence-corrected chi connectivity index (χ1v) is 6.61. The van der Waals surface area contributed by atoms with Gasteiger partial charge in [-0.3, -0.25) is 4.98 Å². The molecule has 0 fully saturated rings. The molecule has 1 aromatic heterocycles. The first-order valence-electron chi connectivity index (χ1n) is 6.61. The van der Waals surface area contributed by atoms with Gasteiger partial charge in [0.25, 0.3) is 0 Å². The fraction of sp³-hybridized carbons (Fsp3) is 0.353. The molecule has 1 heterocycles. The van der Waals surface area contributed by atoms with Gasteiger partial charge in [0, 0.05) is 11.8 Å². The molecular weight excluding hydrogens is 234 g/mol. The van der Waals surface area contributed by atoms with E-state index in [2.05, 4.69) is 44.0 Å². The molecule has 0 saturated carbocycles. The van der Waals surface area contributed by atoms with Gasteiger partial charge in [-0.15, -0.1) is 0 Å². The highest BCUT2D eigenvalue weighted by molar-refractivity contribution is 5.75. The van der Waals surface area contributed by atoms with Crippen molar-refractivity contribution in [2.24, 2.45) is 0 Å². The van der Waals surface area contributed by atoms with Gasteiger partial charge in [-0.25, -0.2) is 0 Å². The maximum atomic E-state index is 5.52. The molecule has 102 valence electrons. The quantitative estimate of drug-likeness (QED) is 0.564. The molecule has 0 saturated heterocycles. The fourth-order valence-electron chi connectivity index (χ4n) is 1.67. The Morgan fingerprint density at radius 2 is 2.05 bits per heavy atom. The van der Waals surface area contributed by atoms with Crippen LogP contribution in [0, 0.1) is 6.92 Å². The van der Waals surface area contributed by atoms with Crippen molar-refractivity contribution in [3.63, 3.8) is 0 Å². The normalized spacial score (nSPS) is 12.3. The number of hydrogen-bond acceptors (Lipinski definition) is 2. The van der Waals surface area contributed by atoms with E-state index in [1.54, 1.807) is 7.11 Å². The molecule has 0 radical (unpaired) electrons. The molecule has 0 atom stereocenters. The van der Waals surface area contributed by atoms with Gasteiger partial charge in [0.1, 0.15) is 5.76 Å². The van der Waals surface area contributed by atoms with Crippen LogP contribution in [0.1, 0.15) is 38.4 Å². The molecule has 0 bridgehead atoms. The van der Waals surface area contributed by atoms with Crippen LogP contribution in [0.4, 0.5) is 0 Å². The Kier molecular flexibility index (Phi) is 6.07. The number of ether oxygens (including phenoxy) is 1. The first kappa shape index (κ1) is 15.2. The zero-order valence-corrected chi connectivity index (χ0v) is 12.5. The van der Waals surface area contributed by atoms with Gasteiger partial charge in [-0.05, 0) is 44.9 Å². The molecule has 1 rings (SSSR count). The van der Waals surface area contributed by atoms with Crippen molar-refractivity contribution in [2.45, 2.75) is 34.1 Å². The molecular formula is C17H23NO. The van der Waals surface area contributed by atoms with E-state index in [1.165, 1.54) is 5.57 Å². The minimum absolute atomic E-state index is 0.848. The van der Waals surface area contributed by atoms with Crippen LogP contribution in [0.15, 0.2) is 47.9 Å². The zero-order valence-electron chi connectivity index (χ0n) is 12.5. The SMILES string of the molecule is CC/C=C/C(=C(\C=C(C)C)OC)c1ccc(C)cn1. The molecule has 1 aromatic rings. The number of allylic oxidation sites excluding steroid dienone is 5. The maximum Gasteiger partial charge on any atom is 0.128 e. The van der Waals surface area contributed by atoms with Crippen molar-refractivity contribution >= 4 is 5.57 Å². The average Bonchev–Trinajstić information content (AvgIpc) is 2.39. The second kappa shape index (κ2) is 7.57. The van der Waals surface area contributed by atoms with Crippen LogP contribution in [0.3, 0.4) is 0 Å². The third-order valence-corrected chi connectivity index (χ3v) is 2.61. The Morgan fingerprint density at radius 1 is 1.32 bits per heavy atom.